The minimum absolute atomic E-state index is 0.109. The zero-order valence-electron chi connectivity index (χ0n) is 24.9. The monoisotopic (exact) mass is 680 g/mol. The molecule has 0 radical (unpaired) electrons. The molecule has 0 amide bonds. The molecule has 2 atom stereocenters. The van der Waals surface area contributed by atoms with E-state index in [2.05, 4.69) is 35.7 Å². The maximum Gasteiger partial charge on any atom is 0.318 e. The van der Waals surface area contributed by atoms with Crippen LogP contribution >= 0.6 is 15.9 Å². The smallest absolute Gasteiger partial charge is 0.318 e. The number of ether oxygens (including phenoxy) is 1. The van der Waals surface area contributed by atoms with Crippen LogP contribution in [-0.2, 0) is 26.1 Å². The van der Waals surface area contributed by atoms with Crippen LogP contribution in [0.2, 0.25) is 0 Å². The molecule has 10 nitrogen and oxygen atoms in total. The number of phenols is 1. The normalized spacial score (nSPS) is 23.2. The van der Waals surface area contributed by atoms with Crippen LogP contribution in [-0.4, -0.2) is 74.3 Å². The summed E-state index contributed by atoms with van der Waals surface area (Å²) in [6.45, 7) is 4.86. The molecule has 236 valence electrons. The number of hydrogen-bond acceptors (Lipinski definition) is 9. The summed E-state index contributed by atoms with van der Waals surface area (Å²) in [6.07, 6.45) is 3.06. The molecule has 2 saturated heterocycles. The molecule has 0 saturated carbocycles. The number of hydrogen-bond donors (Lipinski definition) is 2. The molecule has 4 aliphatic rings. The van der Waals surface area contributed by atoms with Crippen LogP contribution in [0, 0.1) is 5.82 Å². The van der Waals surface area contributed by atoms with Crippen molar-refractivity contribution in [2.24, 2.45) is 0 Å². The number of halogens is 3. The summed E-state index contributed by atoms with van der Waals surface area (Å²) >= 11 is 3.45. The maximum atomic E-state index is 14.7. The molecule has 4 aliphatic heterocycles. The van der Waals surface area contributed by atoms with Gasteiger partial charge in [0.2, 0.25) is 0 Å². The van der Waals surface area contributed by atoms with Crippen LogP contribution in [0.25, 0.3) is 10.8 Å². The van der Waals surface area contributed by atoms with Gasteiger partial charge in [0.1, 0.15) is 36.0 Å². The number of nitrogens with zero attached hydrogens (tertiary/aromatic N) is 7. The number of rotatable bonds is 5. The quantitative estimate of drug-likeness (QED) is 0.303. The highest BCUT2D eigenvalue weighted by molar-refractivity contribution is 9.10. The number of anilines is 3. The summed E-state index contributed by atoms with van der Waals surface area (Å²) in [7, 11) is 0. The lowest BCUT2D eigenvalue weighted by Gasteiger charge is -2.34. The minimum atomic E-state index is -0.849. The van der Waals surface area contributed by atoms with Gasteiger partial charge in [-0.3, -0.25) is 9.58 Å². The van der Waals surface area contributed by atoms with E-state index in [1.807, 2.05) is 10.7 Å². The Balaban J connectivity index is 1.17. The van der Waals surface area contributed by atoms with E-state index in [0.717, 1.165) is 72.7 Å². The molecule has 0 bridgehead atoms. The van der Waals surface area contributed by atoms with E-state index in [-0.39, 0.29) is 23.1 Å². The van der Waals surface area contributed by atoms with Gasteiger partial charge in [-0.2, -0.15) is 15.1 Å². The Morgan fingerprint density at radius 1 is 1.07 bits per heavy atom. The molecule has 0 spiro atoms. The third-order valence-corrected chi connectivity index (χ3v) is 10.7. The van der Waals surface area contributed by atoms with Crippen LogP contribution < -0.4 is 20.3 Å². The number of nitrogen functional groups attached to an aromatic ring is 1. The van der Waals surface area contributed by atoms with Crippen LogP contribution in [0.1, 0.15) is 42.6 Å². The summed E-state index contributed by atoms with van der Waals surface area (Å²) in [5.41, 5.74) is 9.32. The Morgan fingerprint density at radius 2 is 1.96 bits per heavy atom. The van der Waals surface area contributed by atoms with E-state index < -0.39 is 6.17 Å². The molecule has 2 fully saturated rings. The lowest BCUT2D eigenvalue weighted by atomic mass is 9.95. The molecule has 2 aromatic carbocycles. The van der Waals surface area contributed by atoms with Gasteiger partial charge in [-0.25, -0.2) is 8.78 Å². The van der Waals surface area contributed by atoms with Crippen molar-refractivity contribution in [3.05, 3.63) is 57.6 Å². The van der Waals surface area contributed by atoms with E-state index in [1.54, 1.807) is 18.2 Å². The van der Waals surface area contributed by atoms with Gasteiger partial charge in [-0.15, -0.1) is 0 Å². The van der Waals surface area contributed by atoms with E-state index >= 15 is 0 Å². The highest BCUT2D eigenvalue weighted by Gasteiger charge is 2.49. The summed E-state index contributed by atoms with van der Waals surface area (Å²) in [5, 5.41) is 16.5. The first kappa shape index (κ1) is 28.7. The highest BCUT2D eigenvalue weighted by atomic mass is 79.9. The van der Waals surface area contributed by atoms with Crippen molar-refractivity contribution in [3.63, 3.8) is 0 Å². The zero-order valence-corrected chi connectivity index (χ0v) is 26.4. The standard InChI is InChI=1S/C32H35BrF2N8O2/c33-29-24(35)4-3-19-11-22(44)13-26(28(19)29)40-10-5-23-25(17-40)37-31(45-18-32-6-1-8-42(32)15-20(34)14-32)38-30(23)41-7-2-9-43-21(16-41)12-27(36)39-43/h3-4,11-13,20,44H,1-2,5-10,14-18H2,(H2,36,39)/t20-,32+/m1/s1. The fourth-order valence-corrected chi connectivity index (χ4v) is 8.41. The van der Waals surface area contributed by atoms with Gasteiger partial charge < -0.3 is 25.4 Å². The van der Waals surface area contributed by atoms with Crippen molar-refractivity contribution in [1.82, 2.24) is 24.6 Å². The Hall–Kier alpha value is -3.71. The Kier molecular flexibility index (Phi) is 7.01. The summed E-state index contributed by atoms with van der Waals surface area (Å²) in [5.74, 6) is 1.07. The predicted octanol–water partition coefficient (Wildman–Crippen LogP) is 4.94. The highest BCUT2D eigenvalue weighted by Crippen LogP contribution is 2.42. The second-order valence-corrected chi connectivity index (χ2v) is 13.6. The average molecular weight is 682 g/mol. The van der Waals surface area contributed by atoms with E-state index in [4.69, 9.17) is 20.4 Å². The summed E-state index contributed by atoms with van der Waals surface area (Å²) in [4.78, 5) is 16.6. The number of benzene rings is 2. The van der Waals surface area contributed by atoms with Crippen molar-refractivity contribution in [2.45, 2.75) is 63.4 Å². The van der Waals surface area contributed by atoms with Gasteiger partial charge in [-0.05, 0) is 65.7 Å². The number of nitrogens with two attached hydrogens (primary N) is 1. The summed E-state index contributed by atoms with van der Waals surface area (Å²) in [6, 6.07) is 8.58. The van der Waals surface area contributed by atoms with Gasteiger partial charge in [0.25, 0.3) is 0 Å². The van der Waals surface area contributed by atoms with E-state index in [1.165, 1.54) is 6.07 Å². The lowest BCUT2D eigenvalue weighted by Crippen LogP contribution is -2.43. The first-order chi connectivity index (χ1) is 21.8. The number of aromatic hydroxyl groups is 1. The summed E-state index contributed by atoms with van der Waals surface area (Å²) < 4.78 is 37.9. The van der Waals surface area contributed by atoms with Crippen molar-refractivity contribution in [1.29, 1.82) is 0 Å². The first-order valence-corrected chi connectivity index (χ1v) is 16.4. The Bertz CT molecular complexity index is 1800. The van der Waals surface area contributed by atoms with Crippen LogP contribution in [0.3, 0.4) is 0 Å². The molecular formula is C32H35BrF2N8O2. The van der Waals surface area contributed by atoms with Crippen LogP contribution in [0.15, 0.2) is 34.8 Å². The SMILES string of the molecule is Nc1cc2n(n1)CCCN(c1nc(OC[C@@]34CCCN3C[C@H](F)C4)nc3c1CCN(c1cc(O)cc4ccc(F)c(Br)c14)C3)C2. The van der Waals surface area contributed by atoms with Crippen molar-refractivity contribution in [3.8, 4) is 11.8 Å². The van der Waals surface area contributed by atoms with Gasteiger partial charge in [0.05, 0.1) is 34.5 Å². The third kappa shape index (κ3) is 5.04. The fourth-order valence-electron chi connectivity index (χ4n) is 7.84. The van der Waals surface area contributed by atoms with Crippen LogP contribution in [0.4, 0.5) is 26.1 Å². The molecule has 2 aromatic heterocycles. The molecule has 6 heterocycles. The molecule has 8 rings (SSSR count). The Morgan fingerprint density at radius 3 is 2.84 bits per heavy atom. The largest absolute Gasteiger partial charge is 0.508 e. The molecular weight excluding hydrogens is 646 g/mol. The molecule has 4 aromatic rings. The Labute approximate surface area is 267 Å². The number of alkyl halides is 1. The molecule has 45 heavy (non-hydrogen) atoms. The third-order valence-electron chi connectivity index (χ3n) is 9.90. The molecule has 0 unspecified atom stereocenters. The lowest BCUT2D eigenvalue weighted by molar-refractivity contribution is 0.107. The van der Waals surface area contributed by atoms with E-state index in [0.29, 0.717) is 61.3 Å². The molecule has 3 N–H and O–H groups in total. The number of fused-ring (bicyclic) bond motifs is 4. The molecule has 0 aliphatic carbocycles. The number of phenolic OH excluding ortho intramolecular Hbond substituents is 1. The number of aryl methyl sites for hydroxylation is 1. The first-order valence-electron chi connectivity index (χ1n) is 15.6. The van der Waals surface area contributed by atoms with Gasteiger partial charge in [0, 0.05) is 61.4 Å². The second kappa shape index (κ2) is 11.0. The average Bonchev–Trinajstić information content (AvgIpc) is 3.62. The van der Waals surface area contributed by atoms with Gasteiger partial charge in [-0.1, -0.05) is 6.07 Å². The molecule has 13 heteroatoms. The van der Waals surface area contributed by atoms with E-state index in [9.17, 15) is 13.9 Å². The predicted molar refractivity (Wildman–Crippen MR) is 171 cm³/mol. The number of aromatic nitrogens is 4. The van der Waals surface area contributed by atoms with Gasteiger partial charge in [0.15, 0.2) is 0 Å². The van der Waals surface area contributed by atoms with Crippen molar-refractivity contribution < 1.29 is 18.6 Å². The zero-order chi connectivity index (χ0) is 30.9. The van der Waals surface area contributed by atoms with Gasteiger partial charge >= 0.3 is 6.01 Å². The second-order valence-electron chi connectivity index (χ2n) is 12.8. The topological polar surface area (TPSA) is 109 Å². The van der Waals surface area contributed by atoms with Crippen molar-refractivity contribution in [2.75, 3.05) is 48.3 Å². The van der Waals surface area contributed by atoms with Crippen molar-refractivity contribution >= 4 is 44.0 Å². The minimum Gasteiger partial charge on any atom is -0.508 e. The fraction of sp³-hybridized carbons (Fsp3) is 0.469. The maximum absolute atomic E-state index is 14.7. The van der Waals surface area contributed by atoms with Crippen LogP contribution in [0.5, 0.6) is 11.8 Å².